The summed E-state index contributed by atoms with van der Waals surface area (Å²) in [6, 6.07) is 9.09. The Hall–Kier alpha value is -0.840. The first kappa shape index (κ1) is 12.6. The fourth-order valence-corrected chi connectivity index (χ4v) is 2.90. The molecule has 17 heavy (non-hydrogen) atoms. The van der Waals surface area contributed by atoms with E-state index in [0.29, 0.717) is 10.6 Å². The number of pyridine rings is 1. The van der Waals surface area contributed by atoms with Crippen molar-refractivity contribution >= 4 is 45.6 Å². The predicted molar refractivity (Wildman–Crippen MR) is 72.9 cm³/mol. The maximum Gasteiger partial charge on any atom is 0.151 e. The largest absolute Gasteiger partial charge is 0.298 e. The van der Waals surface area contributed by atoms with Crippen LogP contribution in [0, 0.1) is 0 Å². The molecule has 0 saturated heterocycles. The molecule has 0 amide bonds. The summed E-state index contributed by atoms with van der Waals surface area (Å²) in [5.41, 5.74) is 0.626. The molecule has 2 nitrogen and oxygen atoms in total. The molecule has 0 aliphatic carbocycles. The molecule has 2 aromatic rings. The van der Waals surface area contributed by atoms with Gasteiger partial charge in [0.1, 0.15) is 5.03 Å². The van der Waals surface area contributed by atoms with Crippen LogP contribution in [0.3, 0.4) is 0 Å². The minimum absolute atomic E-state index is 0.619. The lowest BCUT2D eigenvalue weighted by molar-refractivity contribution is 0.112. The zero-order valence-corrected chi connectivity index (χ0v) is 11.7. The predicted octanol–water partition coefficient (Wildman–Crippen LogP) is 4.46. The number of aromatic nitrogens is 1. The van der Waals surface area contributed by atoms with E-state index in [2.05, 4.69) is 20.9 Å². The maximum absolute atomic E-state index is 10.7. The Morgan fingerprint density at radius 3 is 2.82 bits per heavy atom. The van der Waals surface area contributed by atoms with E-state index in [9.17, 15) is 4.79 Å². The van der Waals surface area contributed by atoms with Crippen LogP contribution < -0.4 is 0 Å². The maximum atomic E-state index is 10.7. The van der Waals surface area contributed by atoms with Crippen LogP contribution in [0.1, 0.15) is 10.4 Å². The standard InChI is InChI=1S/C12H7BrClNOS/c13-10-6-9(4-3-8(10)7-16)17-12-11(14)2-1-5-15-12/h1-7H. The van der Waals surface area contributed by atoms with Gasteiger partial charge in [-0.3, -0.25) is 4.79 Å². The lowest BCUT2D eigenvalue weighted by atomic mass is 10.2. The van der Waals surface area contributed by atoms with Crippen molar-refractivity contribution in [3.8, 4) is 0 Å². The fraction of sp³-hybridized carbons (Fsp3) is 0. The highest BCUT2D eigenvalue weighted by molar-refractivity contribution is 9.10. The van der Waals surface area contributed by atoms with Crippen LogP contribution >= 0.6 is 39.3 Å². The molecule has 0 saturated carbocycles. The fourth-order valence-electron chi connectivity index (χ4n) is 1.22. The second kappa shape index (κ2) is 5.67. The van der Waals surface area contributed by atoms with Crippen molar-refractivity contribution in [1.82, 2.24) is 4.98 Å². The number of aldehydes is 1. The van der Waals surface area contributed by atoms with E-state index in [1.807, 2.05) is 12.1 Å². The molecule has 0 N–H and O–H groups in total. The molecule has 1 heterocycles. The second-order valence-corrected chi connectivity index (χ2v) is 5.52. The Morgan fingerprint density at radius 2 is 2.18 bits per heavy atom. The normalized spacial score (nSPS) is 10.2. The quantitative estimate of drug-likeness (QED) is 0.779. The van der Waals surface area contributed by atoms with Gasteiger partial charge in [-0.25, -0.2) is 4.98 Å². The first-order valence-corrected chi connectivity index (χ1v) is 6.72. The third-order valence-corrected chi connectivity index (χ3v) is 4.15. The van der Waals surface area contributed by atoms with Gasteiger partial charge in [0.2, 0.25) is 0 Å². The summed E-state index contributed by atoms with van der Waals surface area (Å²) in [6.07, 6.45) is 2.51. The lowest BCUT2D eigenvalue weighted by Crippen LogP contribution is -1.84. The number of carbonyl (C=O) groups excluding carboxylic acids is 1. The van der Waals surface area contributed by atoms with E-state index < -0.39 is 0 Å². The molecule has 1 aromatic carbocycles. The van der Waals surface area contributed by atoms with Gasteiger partial charge in [0.25, 0.3) is 0 Å². The van der Waals surface area contributed by atoms with Crippen LogP contribution in [0.25, 0.3) is 0 Å². The topological polar surface area (TPSA) is 30.0 Å². The molecule has 0 fully saturated rings. The monoisotopic (exact) mass is 327 g/mol. The molecule has 1 aromatic heterocycles. The van der Waals surface area contributed by atoms with Crippen molar-refractivity contribution in [2.24, 2.45) is 0 Å². The number of hydrogen-bond donors (Lipinski definition) is 0. The van der Waals surface area contributed by atoms with Crippen molar-refractivity contribution < 1.29 is 4.79 Å². The third-order valence-electron chi connectivity index (χ3n) is 2.04. The van der Waals surface area contributed by atoms with Crippen LogP contribution in [-0.2, 0) is 0 Å². The van der Waals surface area contributed by atoms with E-state index in [0.717, 1.165) is 20.7 Å². The van der Waals surface area contributed by atoms with Gasteiger partial charge in [-0.2, -0.15) is 0 Å². The van der Waals surface area contributed by atoms with Gasteiger partial charge >= 0.3 is 0 Å². The highest BCUT2D eigenvalue weighted by Gasteiger charge is 2.05. The van der Waals surface area contributed by atoms with Crippen LogP contribution in [-0.4, -0.2) is 11.3 Å². The summed E-state index contributed by atoms with van der Waals surface area (Å²) < 4.78 is 0.768. The lowest BCUT2D eigenvalue weighted by Gasteiger charge is -2.04. The van der Waals surface area contributed by atoms with E-state index in [1.54, 1.807) is 24.4 Å². The molecule has 0 spiro atoms. The summed E-state index contributed by atoms with van der Waals surface area (Å²) >= 11 is 10.8. The second-order valence-electron chi connectivity index (χ2n) is 3.19. The van der Waals surface area contributed by atoms with Gasteiger partial charge in [-0.05, 0) is 30.3 Å². The highest BCUT2D eigenvalue weighted by atomic mass is 79.9. The van der Waals surface area contributed by atoms with E-state index >= 15 is 0 Å². The molecule has 86 valence electrons. The van der Waals surface area contributed by atoms with Crippen molar-refractivity contribution in [2.45, 2.75) is 9.92 Å². The van der Waals surface area contributed by atoms with E-state index in [4.69, 9.17) is 11.6 Å². The highest BCUT2D eigenvalue weighted by Crippen LogP contribution is 2.33. The molecule has 2 rings (SSSR count). The van der Waals surface area contributed by atoms with Crippen molar-refractivity contribution in [3.63, 3.8) is 0 Å². The SMILES string of the molecule is O=Cc1ccc(Sc2ncccc2Cl)cc1Br. The summed E-state index contributed by atoms with van der Waals surface area (Å²) in [7, 11) is 0. The van der Waals surface area contributed by atoms with Gasteiger partial charge in [-0.15, -0.1) is 0 Å². The number of nitrogens with zero attached hydrogens (tertiary/aromatic N) is 1. The third kappa shape index (κ3) is 3.09. The molecule has 0 unspecified atom stereocenters. The average molecular weight is 329 g/mol. The van der Waals surface area contributed by atoms with Gasteiger partial charge in [0.15, 0.2) is 6.29 Å². The molecular weight excluding hydrogens is 322 g/mol. The zero-order valence-electron chi connectivity index (χ0n) is 8.56. The molecule has 5 heteroatoms. The minimum atomic E-state index is 0.619. The Bertz CT molecular complexity index is 562. The molecule has 0 aliphatic rings. The van der Waals surface area contributed by atoms with Crippen LogP contribution in [0.5, 0.6) is 0 Å². The Kier molecular flexibility index (Phi) is 4.20. The average Bonchev–Trinajstić information content (AvgIpc) is 2.32. The minimum Gasteiger partial charge on any atom is -0.298 e. The van der Waals surface area contributed by atoms with Gasteiger partial charge < -0.3 is 0 Å². The summed E-state index contributed by atoms with van der Waals surface area (Å²) in [5.74, 6) is 0. The summed E-state index contributed by atoms with van der Waals surface area (Å²) in [5, 5.41) is 1.37. The van der Waals surface area contributed by atoms with Crippen LogP contribution in [0.4, 0.5) is 0 Å². The number of benzene rings is 1. The first-order valence-electron chi connectivity index (χ1n) is 4.74. The van der Waals surface area contributed by atoms with Crippen LogP contribution in [0.2, 0.25) is 5.02 Å². The Labute approximate surface area is 117 Å². The van der Waals surface area contributed by atoms with Gasteiger partial charge in [-0.1, -0.05) is 39.3 Å². The Balaban J connectivity index is 2.28. The van der Waals surface area contributed by atoms with Gasteiger partial charge in [0.05, 0.1) is 5.02 Å². The van der Waals surface area contributed by atoms with Crippen LogP contribution in [0.15, 0.2) is 50.9 Å². The summed E-state index contributed by atoms with van der Waals surface area (Å²) in [4.78, 5) is 15.8. The smallest absolute Gasteiger partial charge is 0.151 e. The summed E-state index contributed by atoms with van der Waals surface area (Å²) in [6.45, 7) is 0. The molecule has 0 aliphatic heterocycles. The first-order chi connectivity index (χ1) is 8.20. The molecule has 0 atom stereocenters. The van der Waals surface area contributed by atoms with E-state index in [1.165, 1.54) is 11.8 Å². The molecular formula is C12H7BrClNOS. The number of rotatable bonds is 3. The number of hydrogen-bond acceptors (Lipinski definition) is 3. The zero-order chi connectivity index (χ0) is 12.3. The Morgan fingerprint density at radius 1 is 1.35 bits per heavy atom. The van der Waals surface area contributed by atoms with Crippen molar-refractivity contribution in [2.75, 3.05) is 0 Å². The van der Waals surface area contributed by atoms with Crippen molar-refractivity contribution in [3.05, 3.63) is 51.6 Å². The molecule has 0 bridgehead atoms. The van der Waals surface area contributed by atoms with E-state index in [-0.39, 0.29) is 0 Å². The number of halogens is 2. The molecule has 0 radical (unpaired) electrons. The van der Waals surface area contributed by atoms with Crippen molar-refractivity contribution in [1.29, 1.82) is 0 Å². The van der Waals surface area contributed by atoms with Gasteiger partial charge in [0, 0.05) is 21.1 Å². The number of carbonyl (C=O) groups is 1.